The second-order valence-electron chi connectivity index (χ2n) is 5.96. The molecule has 2 amide bonds. The molecular weight excluding hydrogens is 370 g/mol. The van der Waals surface area contributed by atoms with Gasteiger partial charge in [0, 0.05) is 30.3 Å². The van der Waals surface area contributed by atoms with Crippen LogP contribution in [0.1, 0.15) is 27.9 Å². The number of methoxy groups -OCH3 is 3. The number of ether oxygens (including phenoxy) is 3. The van der Waals surface area contributed by atoms with Crippen molar-refractivity contribution in [1.29, 1.82) is 0 Å². The molecule has 0 aliphatic carbocycles. The summed E-state index contributed by atoms with van der Waals surface area (Å²) in [6.45, 7) is 2.44. The molecule has 2 heterocycles. The zero-order valence-electron chi connectivity index (χ0n) is 15.6. The van der Waals surface area contributed by atoms with Crippen LogP contribution in [0.2, 0.25) is 0 Å². The van der Waals surface area contributed by atoms with Crippen molar-refractivity contribution >= 4 is 28.3 Å². The van der Waals surface area contributed by atoms with Gasteiger partial charge in [-0.1, -0.05) is 11.3 Å². The Hall–Kier alpha value is -2.81. The monoisotopic (exact) mass is 391 g/mol. The van der Waals surface area contributed by atoms with Crippen LogP contribution in [0.15, 0.2) is 12.1 Å². The van der Waals surface area contributed by atoms with E-state index in [4.69, 9.17) is 14.2 Å². The lowest BCUT2D eigenvalue weighted by Gasteiger charge is -2.26. The summed E-state index contributed by atoms with van der Waals surface area (Å²) in [6, 6.07) is 3.29. The van der Waals surface area contributed by atoms with E-state index in [0.717, 1.165) is 10.6 Å². The summed E-state index contributed by atoms with van der Waals surface area (Å²) in [6.07, 6.45) is 0.640. The van der Waals surface area contributed by atoms with Crippen LogP contribution in [0.25, 0.3) is 0 Å². The first-order chi connectivity index (χ1) is 13.0. The van der Waals surface area contributed by atoms with Crippen molar-refractivity contribution in [3.8, 4) is 17.2 Å². The number of amides is 2. The lowest BCUT2D eigenvalue weighted by Crippen LogP contribution is -2.35. The maximum absolute atomic E-state index is 13.0. The van der Waals surface area contributed by atoms with Crippen LogP contribution >= 0.6 is 11.3 Å². The van der Waals surface area contributed by atoms with Crippen molar-refractivity contribution in [3.05, 3.63) is 28.3 Å². The summed E-state index contributed by atoms with van der Waals surface area (Å²) in [4.78, 5) is 31.4. The molecule has 0 fully saturated rings. The van der Waals surface area contributed by atoms with Gasteiger partial charge in [-0.15, -0.1) is 0 Å². The van der Waals surface area contributed by atoms with E-state index < -0.39 is 0 Å². The number of carbonyl (C=O) groups is 2. The number of hydrogen-bond donors (Lipinski definition) is 1. The summed E-state index contributed by atoms with van der Waals surface area (Å²) in [7, 11) is 4.55. The quantitative estimate of drug-likeness (QED) is 0.841. The number of thiazole rings is 1. The van der Waals surface area contributed by atoms with E-state index in [1.807, 2.05) is 0 Å². The van der Waals surface area contributed by atoms with E-state index in [-0.39, 0.29) is 11.8 Å². The molecule has 1 N–H and O–H groups in total. The van der Waals surface area contributed by atoms with Gasteiger partial charge in [0.25, 0.3) is 5.91 Å². The number of benzene rings is 1. The SMILES string of the molecule is COc1cc(C(=O)N2CCc3nc(NC(C)=O)sc3C2)cc(OC)c1OC. The molecular formula is C18H21N3O5S. The van der Waals surface area contributed by atoms with E-state index in [9.17, 15) is 9.59 Å². The minimum absolute atomic E-state index is 0.130. The van der Waals surface area contributed by atoms with Gasteiger partial charge in [0.05, 0.1) is 33.6 Å². The third kappa shape index (κ3) is 3.82. The Morgan fingerprint density at radius 2 is 1.81 bits per heavy atom. The summed E-state index contributed by atoms with van der Waals surface area (Å²) in [5.74, 6) is 1.02. The van der Waals surface area contributed by atoms with Gasteiger partial charge in [-0.25, -0.2) is 4.98 Å². The molecule has 0 spiro atoms. The third-order valence-corrected chi connectivity index (χ3v) is 5.21. The van der Waals surface area contributed by atoms with Crippen molar-refractivity contribution in [1.82, 2.24) is 9.88 Å². The van der Waals surface area contributed by atoms with Crippen LogP contribution in [0.5, 0.6) is 17.2 Å². The molecule has 144 valence electrons. The fourth-order valence-electron chi connectivity index (χ4n) is 2.96. The Morgan fingerprint density at radius 1 is 1.15 bits per heavy atom. The lowest BCUT2D eigenvalue weighted by atomic mass is 10.1. The van der Waals surface area contributed by atoms with Crippen LogP contribution in [0.4, 0.5) is 5.13 Å². The lowest BCUT2D eigenvalue weighted by molar-refractivity contribution is -0.114. The maximum Gasteiger partial charge on any atom is 0.254 e. The predicted molar refractivity (Wildman–Crippen MR) is 101 cm³/mol. The summed E-state index contributed by atoms with van der Waals surface area (Å²) >= 11 is 1.40. The van der Waals surface area contributed by atoms with Crippen LogP contribution in [-0.2, 0) is 17.8 Å². The summed E-state index contributed by atoms with van der Waals surface area (Å²) in [5, 5.41) is 3.26. The Labute approximate surface area is 161 Å². The van der Waals surface area contributed by atoms with Gasteiger partial charge in [0.15, 0.2) is 16.6 Å². The van der Waals surface area contributed by atoms with Gasteiger partial charge < -0.3 is 24.4 Å². The number of nitrogens with one attached hydrogen (secondary N) is 1. The maximum atomic E-state index is 13.0. The number of hydrogen-bond acceptors (Lipinski definition) is 7. The molecule has 0 atom stereocenters. The van der Waals surface area contributed by atoms with Crippen molar-refractivity contribution in [2.45, 2.75) is 19.9 Å². The average Bonchev–Trinajstić information content (AvgIpc) is 3.06. The van der Waals surface area contributed by atoms with Gasteiger partial charge in [0.2, 0.25) is 11.7 Å². The first-order valence-corrected chi connectivity index (χ1v) is 9.14. The predicted octanol–water partition coefficient (Wildman–Crippen LogP) is 2.33. The number of anilines is 1. The van der Waals surface area contributed by atoms with Gasteiger partial charge >= 0.3 is 0 Å². The van der Waals surface area contributed by atoms with Crippen molar-refractivity contribution in [2.75, 3.05) is 33.2 Å². The highest BCUT2D eigenvalue weighted by Crippen LogP contribution is 2.39. The molecule has 3 rings (SSSR count). The molecule has 27 heavy (non-hydrogen) atoms. The number of aromatic nitrogens is 1. The molecule has 0 bridgehead atoms. The first kappa shape index (κ1) is 19.0. The van der Waals surface area contributed by atoms with E-state index in [0.29, 0.717) is 47.5 Å². The Kier molecular flexibility index (Phi) is 5.50. The number of nitrogens with zero attached hydrogens (tertiary/aromatic N) is 2. The number of carbonyl (C=O) groups excluding carboxylic acids is 2. The smallest absolute Gasteiger partial charge is 0.254 e. The van der Waals surface area contributed by atoms with Gasteiger partial charge in [-0.05, 0) is 12.1 Å². The van der Waals surface area contributed by atoms with E-state index in [1.54, 1.807) is 17.0 Å². The second kappa shape index (κ2) is 7.83. The highest BCUT2D eigenvalue weighted by Gasteiger charge is 2.27. The van der Waals surface area contributed by atoms with Crippen molar-refractivity contribution < 1.29 is 23.8 Å². The molecule has 0 saturated heterocycles. The fraction of sp³-hybridized carbons (Fsp3) is 0.389. The van der Waals surface area contributed by atoms with Gasteiger partial charge in [-0.3, -0.25) is 9.59 Å². The van der Waals surface area contributed by atoms with Gasteiger partial charge in [-0.2, -0.15) is 0 Å². The van der Waals surface area contributed by atoms with E-state index in [1.165, 1.54) is 39.6 Å². The number of fused-ring (bicyclic) bond motifs is 1. The van der Waals surface area contributed by atoms with Crippen LogP contribution in [0, 0.1) is 0 Å². The summed E-state index contributed by atoms with van der Waals surface area (Å²) in [5.41, 5.74) is 1.39. The van der Waals surface area contributed by atoms with Crippen molar-refractivity contribution in [2.24, 2.45) is 0 Å². The molecule has 9 heteroatoms. The molecule has 1 aliphatic rings. The molecule has 2 aromatic rings. The van der Waals surface area contributed by atoms with Gasteiger partial charge in [0.1, 0.15) is 0 Å². The van der Waals surface area contributed by atoms with E-state index >= 15 is 0 Å². The third-order valence-electron chi connectivity index (χ3n) is 4.21. The second-order valence-corrected chi connectivity index (χ2v) is 7.04. The van der Waals surface area contributed by atoms with Crippen LogP contribution < -0.4 is 19.5 Å². The summed E-state index contributed by atoms with van der Waals surface area (Å²) < 4.78 is 16.0. The normalized spacial score (nSPS) is 13.0. The zero-order valence-corrected chi connectivity index (χ0v) is 16.4. The molecule has 1 aromatic carbocycles. The first-order valence-electron chi connectivity index (χ1n) is 8.32. The molecule has 0 unspecified atom stereocenters. The topological polar surface area (TPSA) is 90.0 Å². The molecule has 1 aliphatic heterocycles. The Morgan fingerprint density at radius 3 is 2.37 bits per heavy atom. The number of rotatable bonds is 5. The fourth-order valence-corrected chi connectivity index (χ4v) is 4.03. The zero-order chi connectivity index (χ0) is 19.6. The van der Waals surface area contributed by atoms with Crippen molar-refractivity contribution in [3.63, 3.8) is 0 Å². The molecule has 0 saturated carbocycles. The Bertz CT molecular complexity index is 855. The highest BCUT2D eigenvalue weighted by molar-refractivity contribution is 7.15. The van der Waals surface area contributed by atoms with Crippen LogP contribution in [0.3, 0.4) is 0 Å². The molecule has 1 aromatic heterocycles. The van der Waals surface area contributed by atoms with Crippen LogP contribution in [-0.4, -0.2) is 49.6 Å². The largest absolute Gasteiger partial charge is 0.493 e. The highest BCUT2D eigenvalue weighted by atomic mass is 32.1. The minimum Gasteiger partial charge on any atom is -0.493 e. The average molecular weight is 391 g/mol. The minimum atomic E-state index is -0.161. The van der Waals surface area contributed by atoms with E-state index in [2.05, 4.69) is 10.3 Å². The standard InChI is InChI=1S/C18H21N3O5S/c1-10(22)19-18-20-12-5-6-21(9-15(12)27-18)17(23)11-7-13(24-2)16(26-4)14(8-11)25-3/h7-8H,5-6,9H2,1-4H3,(H,19,20,22). The Balaban J connectivity index is 1.84. The molecule has 0 radical (unpaired) electrons. The molecule has 8 nitrogen and oxygen atoms in total.